The highest BCUT2D eigenvalue weighted by molar-refractivity contribution is 7.88. The Morgan fingerprint density at radius 2 is 1.48 bits per heavy atom. The molecule has 0 N–H and O–H groups in total. The highest BCUT2D eigenvalue weighted by Gasteiger charge is 2.48. The van der Waals surface area contributed by atoms with Gasteiger partial charge in [0.15, 0.2) is 0 Å². The summed E-state index contributed by atoms with van der Waals surface area (Å²) < 4.78 is 64.4. The predicted octanol–water partition coefficient (Wildman–Crippen LogP) is 4.66. The molecule has 25 heavy (non-hydrogen) atoms. The summed E-state index contributed by atoms with van der Waals surface area (Å²) in [5.74, 6) is -0.326. The van der Waals surface area contributed by atoms with Gasteiger partial charge in [-0.2, -0.15) is 21.6 Å². The summed E-state index contributed by atoms with van der Waals surface area (Å²) >= 11 is 0. The minimum Gasteiger partial charge on any atom is -0.376 e. The van der Waals surface area contributed by atoms with E-state index in [9.17, 15) is 21.6 Å². The van der Waals surface area contributed by atoms with Crippen LogP contribution in [0.3, 0.4) is 0 Å². The summed E-state index contributed by atoms with van der Waals surface area (Å²) in [5.41, 5.74) is -4.28. The van der Waals surface area contributed by atoms with E-state index >= 15 is 0 Å². The number of hydrogen-bond donors (Lipinski definition) is 0. The van der Waals surface area contributed by atoms with Crippen LogP contribution in [-0.2, 0) is 16.5 Å². The first-order valence-corrected chi connectivity index (χ1v) is 8.73. The Kier molecular flexibility index (Phi) is 4.43. The fourth-order valence-corrected chi connectivity index (χ4v) is 2.96. The molecule has 0 aliphatic heterocycles. The summed E-state index contributed by atoms with van der Waals surface area (Å²) in [6, 6.07) is 19.1. The highest BCUT2D eigenvalue weighted by Crippen LogP contribution is 2.30. The molecule has 0 unspecified atom stereocenters. The van der Waals surface area contributed by atoms with Gasteiger partial charge in [-0.15, -0.1) is 0 Å². The average molecular weight is 366 g/mol. The number of alkyl halides is 3. The van der Waals surface area contributed by atoms with Crippen molar-refractivity contribution >= 4 is 20.9 Å². The third-order valence-electron chi connectivity index (χ3n) is 3.66. The van der Waals surface area contributed by atoms with Gasteiger partial charge < -0.3 is 4.18 Å². The molecule has 3 aromatic carbocycles. The monoisotopic (exact) mass is 366 g/mol. The van der Waals surface area contributed by atoms with Crippen molar-refractivity contribution in [3.05, 3.63) is 77.9 Å². The van der Waals surface area contributed by atoms with Gasteiger partial charge in [-0.25, -0.2) is 0 Å². The molecule has 0 amide bonds. The van der Waals surface area contributed by atoms with Crippen LogP contribution in [0.4, 0.5) is 13.2 Å². The van der Waals surface area contributed by atoms with Crippen molar-refractivity contribution in [3.63, 3.8) is 0 Å². The molecule has 0 aliphatic carbocycles. The van der Waals surface area contributed by atoms with Crippen LogP contribution >= 0.6 is 0 Å². The molecule has 3 aromatic rings. The summed E-state index contributed by atoms with van der Waals surface area (Å²) in [4.78, 5) is 0. The van der Waals surface area contributed by atoms with Gasteiger partial charge in [0.25, 0.3) is 0 Å². The molecule has 0 fully saturated rings. The lowest BCUT2D eigenvalue weighted by Crippen LogP contribution is -2.28. The molecule has 0 bridgehead atoms. The van der Waals surface area contributed by atoms with Crippen molar-refractivity contribution in [2.75, 3.05) is 0 Å². The highest BCUT2D eigenvalue weighted by atomic mass is 32.2. The van der Waals surface area contributed by atoms with E-state index in [-0.39, 0.29) is 12.2 Å². The van der Waals surface area contributed by atoms with Gasteiger partial charge in [-0.05, 0) is 22.4 Å². The quantitative estimate of drug-likeness (QED) is 0.498. The lowest BCUT2D eigenvalue weighted by Gasteiger charge is -2.13. The maximum atomic E-state index is 12.5. The molecule has 0 aliphatic rings. The Labute approximate surface area is 142 Å². The van der Waals surface area contributed by atoms with Crippen LogP contribution in [-0.4, -0.2) is 13.9 Å². The summed E-state index contributed by atoms with van der Waals surface area (Å²) in [6.45, 7) is 0. The second kappa shape index (κ2) is 6.40. The van der Waals surface area contributed by atoms with E-state index in [0.717, 1.165) is 16.3 Å². The smallest absolute Gasteiger partial charge is 0.376 e. The normalized spacial score (nSPS) is 12.3. The standard InChI is InChI=1S/C18H13F3O3S/c19-18(20,21)25(22,23)24-17-8-4-3-7-16(17)12-13-9-10-14-5-1-2-6-15(14)11-13/h1-11H,12H2. The Morgan fingerprint density at radius 1 is 0.840 bits per heavy atom. The van der Waals surface area contributed by atoms with Gasteiger partial charge >= 0.3 is 15.6 Å². The van der Waals surface area contributed by atoms with Gasteiger partial charge in [-0.1, -0.05) is 60.7 Å². The van der Waals surface area contributed by atoms with E-state index in [1.54, 1.807) is 6.07 Å². The van der Waals surface area contributed by atoms with Gasteiger partial charge in [0.1, 0.15) is 5.75 Å². The van der Waals surface area contributed by atoms with Crippen molar-refractivity contribution in [2.45, 2.75) is 11.9 Å². The molecule has 0 saturated carbocycles. The topological polar surface area (TPSA) is 43.4 Å². The Bertz CT molecular complexity index is 1010. The number of para-hydroxylation sites is 1. The molecule has 0 atom stereocenters. The number of halogens is 3. The van der Waals surface area contributed by atoms with Gasteiger partial charge in [0.2, 0.25) is 0 Å². The number of hydrogen-bond acceptors (Lipinski definition) is 3. The molecule has 3 nitrogen and oxygen atoms in total. The minimum absolute atomic E-state index is 0.244. The number of fused-ring (bicyclic) bond motifs is 1. The van der Waals surface area contributed by atoms with E-state index in [1.165, 1.54) is 18.2 Å². The van der Waals surface area contributed by atoms with Gasteiger partial charge in [0.05, 0.1) is 0 Å². The van der Waals surface area contributed by atoms with Crippen LogP contribution in [0.2, 0.25) is 0 Å². The third-order valence-corrected chi connectivity index (χ3v) is 4.63. The molecule has 0 heterocycles. The number of benzene rings is 3. The van der Waals surface area contributed by atoms with E-state index < -0.39 is 15.6 Å². The summed E-state index contributed by atoms with van der Waals surface area (Å²) in [7, 11) is -5.70. The number of rotatable bonds is 4. The fourth-order valence-electron chi connectivity index (χ4n) is 2.47. The minimum atomic E-state index is -5.70. The van der Waals surface area contributed by atoms with E-state index in [4.69, 9.17) is 0 Å². The van der Waals surface area contributed by atoms with Crippen molar-refractivity contribution in [1.29, 1.82) is 0 Å². The molecular formula is C18H13F3O3S. The zero-order valence-corrected chi connectivity index (χ0v) is 13.6. The van der Waals surface area contributed by atoms with Crippen molar-refractivity contribution < 1.29 is 25.8 Å². The largest absolute Gasteiger partial charge is 0.534 e. The average Bonchev–Trinajstić information content (AvgIpc) is 2.55. The molecule has 0 spiro atoms. The molecular weight excluding hydrogens is 353 g/mol. The third kappa shape index (κ3) is 3.76. The maximum absolute atomic E-state index is 12.5. The first kappa shape index (κ1) is 17.3. The first-order chi connectivity index (χ1) is 11.8. The predicted molar refractivity (Wildman–Crippen MR) is 88.8 cm³/mol. The fraction of sp³-hybridized carbons (Fsp3) is 0.111. The zero-order chi connectivity index (χ0) is 18.1. The van der Waals surface area contributed by atoms with E-state index in [2.05, 4.69) is 4.18 Å². The maximum Gasteiger partial charge on any atom is 0.534 e. The van der Waals surface area contributed by atoms with Crippen LogP contribution < -0.4 is 4.18 Å². The summed E-state index contributed by atoms with van der Waals surface area (Å²) in [5, 5.41) is 2.02. The molecule has 7 heteroatoms. The lowest BCUT2D eigenvalue weighted by molar-refractivity contribution is -0.0500. The van der Waals surface area contributed by atoms with E-state index in [1.807, 2.05) is 42.5 Å². The van der Waals surface area contributed by atoms with Gasteiger partial charge in [0, 0.05) is 12.0 Å². The zero-order valence-electron chi connectivity index (χ0n) is 12.8. The Morgan fingerprint density at radius 3 is 2.20 bits per heavy atom. The second-order valence-electron chi connectivity index (χ2n) is 5.45. The van der Waals surface area contributed by atoms with Crippen LogP contribution in [0, 0.1) is 0 Å². The molecule has 3 rings (SSSR count). The molecule has 0 saturated heterocycles. The SMILES string of the molecule is O=S(=O)(Oc1ccccc1Cc1ccc2ccccc2c1)C(F)(F)F. The van der Waals surface area contributed by atoms with Crippen molar-refractivity contribution in [3.8, 4) is 5.75 Å². The molecule has 0 radical (unpaired) electrons. The molecule has 130 valence electrons. The van der Waals surface area contributed by atoms with Crippen molar-refractivity contribution in [2.24, 2.45) is 0 Å². The summed E-state index contributed by atoms with van der Waals surface area (Å²) in [6.07, 6.45) is 0.244. The van der Waals surface area contributed by atoms with Gasteiger partial charge in [-0.3, -0.25) is 0 Å². The van der Waals surface area contributed by atoms with Crippen LogP contribution in [0.5, 0.6) is 5.75 Å². The Balaban J connectivity index is 1.93. The van der Waals surface area contributed by atoms with Crippen LogP contribution in [0.15, 0.2) is 66.7 Å². The lowest BCUT2D eigenvalue weighted by atomic mass is 10.0. The first-order valence-electron chi connectivity index (χ1n) is 7.33. The van der Waals surface area contributed by atoms with E-state index in [0.29, 0.717) is 5.56 Å². The molecule has 0 aromatic heterocycles. The van der Waals surface area contributed by atoms with Crippen LogP contribution in [0.1, 0.15) is 11.1 Å². The second-order valence-corrected chi connectivity index (χ2v) is 6.99. The van der Waals surface area contributed by atoms with Crippen LogP contribution in [0.25, 0.3) is 10.8 Å². The Hall–Kier alpha value is -2.54. The van der Waals surface area contributed by atoms with Crippen molar-refractivity contribution in [1.82, 2.24) is 0 Å².